The maximum Gasteiger partial charge on any atom is 0.307 e. The summed E-state index contributed by atoms with van der Waals surface area (Å²) in [5.74, 6) is -0.585. The number of nitrogens with zero attached hydrogens (tertiary/aromatic N) is 2. The number of likely N-dealkylation sites (N-methyl/N-ethyl adjacent to an activating group) is 1. The van der Waals surface area contributed by atoms with Crippen molar-refractivity contribution < 1.29 is 19.1 Å². The third-order valence-corrected chi connectivity index (χ3v) is 4.40. The number of hydrogen-bond acceptors (Lipinski definition) is 5. The van der Waals surface area contributed by atoms with E-state index in [4.69, 9.17) is 9.47 Å². The van der Waals surface area contributed by atoms with Crippen molar-refractivity contribution in [1.82, 2.24) is 15.1 Å². The topological polar surface area (TPSA) is 84.5 Å². The summed E-state index contributed by atoms with van der Waals surface area (Å²) in [5, 5.41) is 7.05. The van der Waals surface area contributed by atoms with Crippen LogP contribution in [0.5, 0.6) is 0 Å². The largest absolute Gasteiger partial charge is 0.469 e. The predicted molar refractivity (Wildman–Crippen MR) is 84.2 cm³/mol. The number of carbonyl (C=O) groups is 2. The zero-order valence-corrected chi connectivity index (χ0v) is 14.4. The Morgan fingerprint density at radius 1 is 1.48 bits per heavy atom. The number of hydrogen-bond donors (Lipinski definition) is 1. The van der Waals surface area contributed by atoms with Crippen molar-refractivity contribution in [2.75, 3.05) is 27.4 Å². The van der Waals surface area contributed by atoms with Gasteiger partial charge in [0, 0.05) is 24.8 Å². The molecule has 1 atom stereocenters. The fraction of sp³-hybridized carbons (Fsp3) is 0.688. The molecule has 0 aromatic carbocycles. The van der Waals surface area contributed by atoms with Crippen LogP contribution in [0.25, 0.3) is 0 Å². The highest BCUT2D eigenvalue weighted by molar-refractivity contribution is 5.93. The van der Waals surface area contributed by atoms with Gasteiger partial charge in [0.15, 0.2) is 0 Å². The summed E-state index contributed by atoms with van der Waals surface area (Å²) in [5.41, 5.74) is 0.433. The molecule has 1 aliphatic heterocycles. The fourth-order valence-corrected chi connectivity index (χ4v) is 2.66. The summed E-state index contributed by atoms with van der Waals surface area (Å²) in [4.78, 5) is 26.1. The Hall–Kier alpha value is -1.89. The van der Waals surface area contributed by atoms with E-state index in [2.05, 4.69) is 10.2 Å². The van der Waals surface area contributed by atoms with Crippen LogP contribution < -0.4 is 0 Å². The molecular formula is C16H25N3O4. The second-order valence-corrected chi connectivity index (χ2v) is 7.06. The lowest BCUT2D eigenvalue weighted by molar-refractivity contribution is -0.143. The Balaban J connectivity index is 2.22. The molecule has 1 N–H and O–H groups in total. The highest BCUT2D eigenvalue weighted by atomic mass is 16.5. The minimum atomic E-state index is -0.676. The SMILES string of the molecule is COC(=O)C[C@@]1(N(C)C(=O)c2cc(C(C)(C)C)[nH]n2)CCOC1. The second kappa shape index (κ2) is 6.31. The molecule has 1 aliphatic rings. The van der Waals surface area contributed by atoms with Crippen molar-refractivity contribution in [3.8, 4) is 0 Å². The van der Waals surface area contributed by atoms with E-state index >= 15 is 0 Å². The normalized spacial score (nSPS) is 21.3. The Labute approximate surface area is 136 Å². The van der Waals surface area contributed by atoms with Crippen LogP contribution in [0.4, 0.5) is 0 Å². The number of carbonyl (C=O) groups excluding carboxylic acids is 2. The van der Waals surface area contributed by atoms with Crippen molar-refractivity contribution >= 4 is 11.9 Å². The first-order valence-corrected chi connectivity index (χ1v) is 7.68. The summed E-state index contributed by atoms with van der Waals surface area (Å²) in [7, 11) is 3.03. The first kappa shape index (κ1) is 17.5. The van der Waals surface area contributed by atoms with Gasteiger partial charge in [0.2, 0.25) is 0 Å². The van der Waals surface area contributed by atoms with Gasteiger partial charge in [0.05, 0.1) is 25.7 Å². The maximum atomic E-state index is 12.8. The molecule has 0 radical (unpaired) electrons. The average Bonchev–Trinajstić information content (AvgIpc) is 3.14. The number of amides is 1. The van der Waals surface area contributed by atoms with Gasteiger partial charge in [-0.15, -0.1) is 0 Å². The van der Waals surface area contributed by atoms with Gasteiger partial charge in [0.25, 0.3) is 5.91 Å². The second-order valence-electron chi connectivity index (χ2n) is 7.06. The van der Waals surface area contributed by atoms with Gasteiger partial charge in [-0.3, -0.25) is 14.7 Å². The molecule has 128 valence electrons. The Bertz CT molecular complexity index is 582. The van der Waals surface area contributed by atoms with Gasteiger partial charge in [0.1, 0.15) is 5.69 Å². The smallest absolute Gasteiger partial charge is 0.307 e. The Morgan fingerprint density at radius 3 is 2.65 bits per heavy atom. The zero-order valence-electron chi connectivity index (χ0n) is 14.4. The first-order chi connectivity index (χ1) is 10.7. The summed E-state index contributed by atoms with van der Waals surface area (Å²) in [6.45, 7) is 6.97. The van der Waals surface area contributed by atoms with E-state index in [1.54, 1.807) is 18.0 Å². The zero-order chi connectivity index (χ0) is 17.3. The lowest BCUT2D eigenvalue weighted by Gasteiger charge is -2.36. The van der Waals surface area contributed by atoms with E-state index in [0.29, 0.717) is 25.3 Å². The van der Waals surface area contributed by atoms with Crippen LogP contribution in [0.15, 0.2) is 6.07 Å². The van der Waals surface area contributed by atoms with Crippen molar-refractivity contribution in [2.24, 2.45) is 0 Å². The number of H-pyrrole nitrogens is 1. The molecular weight excluding hydrogens is 298 g/mol. The van der Waals surface area contributed by atoms with Gasteiger partial charge in [-0.2, -0.15) is 5.10 Å². The minimum absolute atomic E-state index is 0.113. The Morgan fingerprint density at radius 2 is 2.17 bits per heavy atom. The predicted octanol–water partition coefficient (Wildman–Crippen LogP) is 1.50. The molecule has 0 unspecified atom stereocenters. The average molecular weight is 323 g/mol. The molecule has 0 saturated carbocycles. The van der Waals surface area contributed by atoms with Crippen molar-refractivity contribution in [3.63, 3.8) is 0 Å². The van der Waals surface area contributed by atoms with E-state index in [0.717, 1.165) is 5.69 Å². The maximum absolute atomic E-state index is 12.8. The van der Waals surface area contributed by atoms with Crippen molar-refractivity contribution in [1.29, 1.82) is 0 Å². The standard InChI is InChI=1S/C16H25N3O4/c1-15(2,3)12-8-11(17-18-12)14(21)19(4)16(6-7-23-10-16)9-13(20)22-5/h8H,6-7,9-10H2,1-5H3,(H,17,18)/t16-/m0/s1. The number of esters is 1. The molecule has 1 saturated heterocycles. The lowest BCUT2D eigenvalue weighted by atomic mass is 9.91. The van der Waals surface area contributed by atoms with E-state index in [1.165, 1.54) is 7.11 Å². The molecule has 2 rings (SSSR count). The number of ether oxygens (including phenoxy) is 2. The van der Waals surface area contributed by atoms with Crippen molar-refractivity contribution in [3.05, 3.63) is 17.5 Å². The van der Waals surface area contributed by atoms with Gasteiger partial charge in [-0.25, -0.2) is 0 Å². The molecule has 0 spiro atoms. The van der Waals surface area contributed by atoms with Crippen LogP contribution in [0, 0.1) is 0 Å². The molecule has 1 aromatic heterocycles. The molecule has 7 heteroatoms. The summed E-state index contributed by atoms with van der Waals surface area (Å²) >= 11 is 0. The van der Waals surface area contributed by atoms with E-state index in [1.807, 2.05) is 20.8 Å². The van der Waals surface area contributed by atoms with Crippen LogP contribution >= 0.6 is 0 Å². The van der Waals surface area contributed by atoms with Crippen LogP contribution in [-0.4, -0.2) is 59.9 Å². The highest BCUT2D eigenvalue weighted by Gasteiger charge is 2.44. The van der Waals surface area contributed by atoms with Crippen molar-refractivity contribution in [2.45, 2.75) is 44.6 Å². The number of aromatic amines is 1. The van der Waals surface area contributed by atoms with Crippen LogP contribution in [0.2, 0.25) is 0 Å². The molecule has 1 fully saturated rings. The van der Waals surface area contributed by atoms with Crippen LogP contribution in [0.1, 0.15) is 49.8 Å². The lowest BCUT2D eigenvalue weighted by Crippen LogP contribution is -2.51. The van der Waals surface area contributed by atoms with Gasteiger partial charge >= 0.3 is 5.97 Å². The quantitative estimate of drug-likeness (QED) is 0.849. The van der Waals surface area contributed by atoms with Gasteiger partial charge in [-0.1, -0.05) is 20.8 Å². The number of nitrogens with one attached hydrogen (secondary N) is 1. The Kier molecular flexibility index (Phi) is 4.79. The highest BCUT2D eigenvalue weighted by Crippen LogP contribution is 2.31. The van der Waals surface area contributed by atoms with Crippen LogP contribution in [0.3, 0.4) is 0 Å². The molecule has 1 aromatic rings. The fourth-order valence-electron chi connectivity index (χ4n) is 2.66. The number of aromatic nitrogens is 2. The molecule has 7 nitrogen and oxygen atoms in total. The van der Waals surface area contributed by atoms with Gasteiger partial charge in [-0.05, 0) is 12.5 Å². The monoisotopic (exact) mass is 323 g/mol. The summed E-state index contributed by atoms with van der Waals surface area (Å²) in [6.07, 6.45) is 0.711. The number of rotatable bonds is 4. The summed E-state index contributed by atoms with van der Waals surface area (Å²) in [6, 6.07) is 1.76. The minimum Gasteiger partial charge on any atom is -0.469 e. The van der Waals surface area contributed by atoms with E-state index < -0.39 is 5.54 Å². The molecule has 2 heterocycles. The molecule has 1 amide bonds. The molecule has 0 bridgehead atoms. The van der Waals surface area contributed by atoms with E-state index in [9.17, 15) is 9.59 Å². The molecule has 23 heavy (non-hydrogen) atoms. The third-order valence-electron chi connectivity index (χ3n) is 4.40. The molecule has 0 aliphatic carbocycles. The van der Waals surface area contributed by atoms with Gasteiger partial charge < -0.3 is 14.4 Å². The third kappa shape index (κ3) is 3.55. The first-order valence-electron chi connectivity index (χ1n) is 7.68. The number of methoxy groups -OCH3 is 1. The van der Waals surface area contributed by atoms with E-state index in [-0.39, 0.29) is 23.7 Å². The summed E-state index contributed by atoms with van der Waals surface area (Å²) < 4.78 is 10.2. The van der Waals surface area contributed by atoms with Crippen LogP contribution in [-0.2, 0) is 19.7 Å².